The fraction of sp³-hybridized carbons (Fsp3) is 0.200. The van der Waals surface area contributed by atoms with Crippen LogP contribution in [0, 0.1) is 13.8 Å². The van der Waals surface area contributed by atoms with E-state index in [-0.39, 0.29) is 18.2 Å². The lowest BCUT2D eigenvalue weighted by Gasteiger charge is -1.99. The molecule has 2 aromatic heterocycles. The summed E-state index contributed by atoms with van der Waals surface area (Å²) >= 11 is 5.84. The zero-order chi connectivity index (χ0) is 15.7. The molecule has 0 atom stereocenters. The fourth-order valence-electron chi connectivity index (χ4n) is 2.12. The minimum absolute atomic E-state index is 0.00253. The molecule has 0 aliphatic rings. The number of hydrogen-bond donors (Lipinski definition) is 0. The summed E-state index contributed by atoms with van der Waals surface area (Å²) < 4.78 is 6.87. The van der Waals surface area contributed by atoms with Crippen molar-refractivity contribution >= 4 is 17.5 Å². The van der Waals surface area contributed by atoms with Gasteiger partial charge in [0.05, 0.1) is 5.69 Å². The minimum Gasteiger partial charge on any atom is -0.420 e. The first-order chi connectivity index (χ1) is 10.5. The first-order valence-corrected chi connectivity index (χ1v) is 7.05. The molecule has 0 spiro atoms. The van der Waals surface area contributed by atoms with Gasteiger partial charge in [-0.25, -0.2) is 4.68 Å². The maximum Gasteiger partial charge on any atom is 0.256 e. The average Bonchev–Trinajstić information content (AvgIpc) is 3.06. The molecule has 0 amide bonds. The van der Waals surface area contributed by atoms with Crippen LogP contribution in [0.25, 0.3) is 11.5 Å². The number of aryl methyl sites for hydroxylation is 2. The van der Waals surface area contributed by atoms with E-state index < -0.39 is 0 Å². The lowest BCUT2D eigenvalue weighted by atomic mass is 10.2. The molecule has 3 aromatic rings. The topological polar surface area (TPSA) is 73.8 Å². The van der Waals surface area contributed by atoms with Gasteiger partial charge in [0.15, 0.2) is 0 Å². The van der Waals surface area contributed by atoms with Crippen LogP contribution in [0.4, 0.5) is 0 Å². The van der Waals surface area contributed by atoms with Crippen molar-refractivity contribution in [1.29, 1.82) is 0 Å². The van der Waals surface area contributed by atoms with E-state index >= 15 is 0 Å². The molecule has 6 nitrogen and oxygen atoms in total. The summed E-state index contributed by atoms with van der Waals surface area (Å²) in [5, 5.41) is 12.6. The molecule has 0 N–H and O–H groups in total. The predicted molar refractivity (Wildman–Crippen MR) is 80.8 cm³/mol. The molecule has 0 unspecified atom stereocenters. The highest BCUT2D eigenvalue weighted by Gasteiger charge is 2.16. The fourth-order valence-corrected chi connectivity index (χ4v) is 2.25. The Morgan fingerprint density at radius 2 is 1.95 bits per heavy atom. The van der Waals surface area contributed by atoms with Crippen molar-refractivity contribution in [3.63, 3.8) is 0 Å². The van der Waals surface area contributed by atoms with E-state index in [1.807, 2.05) is 19.9 Å². The van der Waals surface area contributed by atoms with Crippen LogP contribution in [-0.2, 0) is 6.42 Å². The van der Waals surface area contributed by atoms with E-state index in [0.29, 0.717) is 10.9 Å². The number of halogens is 1. The zero-order valence-electron chi connectivity index (χ0n) is 12.1. The Morgan fingerprint density at radius 1 is 1.23 bits per heavy atom. The molecule has 0 saturated carbocycles. The number of rotatable bonds is 3. The van der Waals surface area contributed by atoms with Gasteiger partial charge in [0.1, 0.15) is 6.42 Å². The summed E-state index contributed by atoms with van der Waals surface area (Å²) in [5.41, 5.74) is 2.32. The van der Waals surface area contributed by atoms with Gasteiger partial charge >= 0.3 is 0 Å². The molecule has 0 radical (unpaired) electrons. The first-order valence-electron chi connectivity index (χ1n) is 6.68. The largest absolute Gasteiger partial charge is 0.420 e. The van der Waals surface area contributed by atoms with Crippen LogP contribution in [0.1, 0.15) is 22.1 Å². The molecule has 0 fully saturated rings. The van der Waals surface area contributed by atoms with Crippen LogP contribution in [0.5, 0.6) is 0 Å². The Balaban J connectivity index is 1.78. The van der Waals surface area contributed by atoms with Crippen LogP contribution >= 0.6 is 11.6 Å². The van der Waals surface area contributed by atoms with Crippen LogP contribution in [0.2, 0.25) is 5.02 Å². The van der Waals surface area contributed by atoms with Crippen LogP contribution in [-0.4, -0.2) is 25.9 Å². The predicted octanol–water partition coefficient (Wildman–Crippen LogP) is 3.09. The molecule has 0 aliphatic heterocycles. The van der Waals surface area contributed by atoms with E-state index in [1.165, 1.54) is 4.68 Å². The molecule has 7 heteroatoms. The van der Waals surface area contributed by atoms with E-state index in [4.69, 9.17) is 16.0 Å². The second-order valence-corrected chi connectivity index (χ2v) is 5.35. The number of benzene rings is 1. The summed E-state index contributed by atoms with van der Waals surface area (Å²) in [6.45, 7) is 3.66. The van der Waals surface area contributed by atoms with Crippen molar-refractivity contribution in [2.24, 2.45) is 0 Å². The standard InChI is InChI=1S/C15H13ClN4O2/c1-9-7-10(2)20(19-9)14(21)8-13-17-18-15(22-13)11-3-5-12(16)6-4-11/h3-7H,8H2,1-2H3. The molecule has 1 aromatic carbocycles. The Labute approximate surface area is 131 Å². The normalized spacial score (nSPS) is 10.9. The first kappa shape index (κ1) is 14.5. The SMILES string of the molecule is Cc1cc(C)n(C(=O)Cc2nnc(-c3ccc(Cl)cc3)o2)n1. The Hall–Kier alpha value is -2.47. The zero-order valence-corrected chi connectivity index (χ0v) is 12.8. The number of aromatic nitrogens is 4. The van der Waals surface area contributed by atoms with Crippen molar-refractivity contribution in [1.82, 2.24) is 20.0 Å². The molecule has 112 valence electrons. The highest BCUT2D eigenvalue weighted by Crippen LogP contribution is 2.20. The molecule has 22 heavy (non-hydrogen) atoms. The maximum atomic E-state index is 12.2. The van der Waals surface area contributed by atoms with Crippen molar-refractivity contribution in [2.75, 3.05) is 0 Å². The number of nitrogens with zero attached hydrogens (tertiary/aromatic N) is 4. The van der Waals surface area contributed by atoms with Gasteiger partial charge in [-0.15, -0.1) is 10.2 Å². The third-order valence-corrected chi connectivity index (χ3v) is 3.36. The van der Waals surface area contributed by atoms with Gasteiger partial charge in [0.25, 0.3) is 5.91 Å². The van der Waals surface area contributed by atoms with Crippen LogP contribution < -0.4 is 0 Å². The number of carbonyl (C=O) groups is 1. The van der Waals surface area contributed by atoms with Gasteiger partial charge < -0.3 is 4.42 Å². The van der Waals surface area contributed by atoms with Crippen molar-refractivity contribution in [3.05, 3.63) is 52.6 Å². The summed E-state index contributed by atoms with van der Waals surface area (Å²) in [6.07, 6.45) is 0.00253. The molecule has 3 rings (SSSR count). The van der Waals surface area contributed by atoms with E-state index in [2.05, 4.69) is 15.3 Å². The maximum absolute atomic E-state index is 12.2. The minimum atomic E-state index is -0.211. The van der Waals surface area contributed by atoms with Gasteiger partial charge in [0.2, 0.25) is 11.8 Å². The summed E-state index contributed by atoms with van der Waals surface area (Å²) in [6, 6.07) is 8.87. The van der Waals surface area contributed by atoms with Gasteiger partial charge in [-0.1, -0.05) is 11.6 Å². The van der Waals surface area contributed by atoms with E-state index in [1.54, 1.807) is 24.3 Å². The molecular formula is C15H13ClN4O2. The third kappa shape index (κ3) is 2.92. The Bertz CT molecular complexity index is 820. The molecule has 0 saturated heterocycles. The van der Waals surface area contributed by atoms with E-state index in [9.17, 15) is 4.79 Å². The summed E-state index contributed by atoms with van der Waals surface area (Å²) in [5.74, 6) is 0.396. The lowest BCUT2D eigenvalue weighted by molar-refractivity contribution is 0.0887. The lowest BCUT2D eigenvalue weighted by Crippen LogP contribution is -2.16. The highest BCUT2D eigenvalue weighted by molar-refractivity contribution is 6.30. The van der Waals surface area contributed by atoms with Crippen molar-refractivity contribution in [2.45, 2.75) is 20.3 Å². The summed E-state index contributed by atoms with van der Waals surface area (Å²) in [4.78, 5) is 12.2. The third-order valence-electron chi connectivity index (χ3n) is 3.11. The highest BCUT2D eigenvalue weighted by atomic mass is 35.5. The Kier molecular flexibility index (Phi) is 3.77. The molecule has 0 bridgehead atoms. The number of hydrogen-bond acceptors (Lipinski definition) is 5. The summed E-state index contributed by atoms with van der Waals surface area (Å²) in [7, 11) is 0. The number of carbonyl (C=O) groups excluding carboxylic acids is 1. The van der Waals surface area contributed by atoms with Gasteiger partial charge in [0, 0.05) is 16.3 Å². The smallest absolute Gasteiger partial charge is 0.256 e. The van der Waals surface area contributed by atoms with Gasteiger partial charge in [-0.05, 0) is 44.2 Å². The molecule has 0 aliphatic carbocycles. The van der Waals surface area contributed by atoms with Crippen LogP contribution in [0.15, 0.2) is 34.7 Å². The Morgan fingerprint density at radius 3 is 2.59 bits per heavy atom. The average molecular weight is 317 g/mol. The van der Waals surface area contributed by atoms with Gasteiger partial charge in [-0.3, -0.25) is 4.79 Å². The molecular weight excluding hydrogens is 304 g/mol. The molecule has 2 heterocycles. The van der Waals surface area contributed by atoms with Crippen molar-refractivity contribution < 1.29 is 9.21 Å². The van der Waals surface area contributed by atoms with Gasteiger partial charge in [-0.2, -0.15) is 5.10 Å². The second kappa shape index (κ2) is 5.73. The monoisotopic (exact) mass is 316 g/mol. The van der Waals surface area contributed by atoms with Crippen LogP contribution in [0.3, 0.4) is 0 Å². The van der Waals surface area contributed by atoms with Crippen molar-refractivity contribution in [3.8, 4) is 11.5 Å². The second-order valence-electron chi connectivity index (χ2n) is 4.92. The quantitative estimate of drug-likeness (QED) is 0.742. The van der Waals surface area contributed by atoms with E-state index in [0.717, 1.165) is 17.0 Å².